The number of nitrogens with one attached hydrogen (secondary N) is 1. The zero-order valence-electron chi connectivity index (χ0n) is 12.7. The molecule has 2 saturated carbocycles. The number of para-hydroxylation sites is 1. The van der Waals surface area contributed by atoms with Gasteiger partial charge in [0.2, 0.25) is 0 Å². The first-order valence-electron chi connectivity index (χ1n) is 8.03. The summed E-state index contributed by atoms with van der Waals surface area (Å²) in [5.41, 5.74) is 1.07. The van der Waals surface area contributed by atoms with Crippen molar-refractivity contribution in [3.8, 4) is 5.75 Å². The van der Waals surface area contributed by atoms with Crippen LogP contribution in [-0.4, -0.2) is 35.4 Å². The third-order valence-corrected chi connectivity index (χ3v) is 4.80. The summed E-state index contributed by atoms with van der Waals surface area (Å²) in [6.45, 7) is 2.16. The molecule has 5 heteroatoms. The fourth-order valence-electron chi connectivity index (χ4n) is 3.26. The second-order valence-electron chi connectivity index (χ2n) is 6.54. The normalized spacial score (nSPS) is 21.4. The lowest BCUT2D eigenvalue weighted by Gasteiger charge is -2.31. The molecule has 1 aromatic carbocycles. The number of amides is 2. The van der Waals surface area contributed by atoms with E-state index in [4.69, 9.17) is 4.74 Å². The molecule has 2 aliphatic carbocycles. The maximum atomic E-state index is 13.1. The zero-order chi connectivity index (χ0) is 15.3. The van der Waals surface area contributed by atoms with E-state index in [1.807, 2.05) is 11.0 Å². The van der Waals surface area contributed by atoms with Gasteiger partial charge in [0.15, 0.2) is 6.61 Å². The Kier molecular flexibility index (Phi) is 3.10. The number of fused-ring (bicyclic) bond motifs is 1. The number of hydrogen-bond acceptors (Lipinski definition) is 3. The van der Waals surface area contributed by atoms with E-state index in [1.54, 1.807) is 12.1 Å². The molecule has 1 aromatic rings. The van der Waals surface area contributed by atoms with E-state index in [1.165, 1.54) is 12.8 Å². The first kappa shape index (κ1) is 13.6. The van der Waals surface area contributed by atoms with Crippen molar-refractivity contribution in [2.75, 3.05) is 11.9 Å². The molecular formula is C17H20N2O3. The zero-order valence-corrected chi connectivity index (χ0v) is 12.7. The van der Waals surface area contributed by atoms with Gasteiger partial charge in [0.1, 0.15) is 5.75 Å². The summed E-state index contributed by atoms with van der Waals surface area (Å²) in [6.07, 6.45) is 4.59. The van der Waals surface area contributed by atoms with E-state index in [0.29, 0.717) is 29.0 Å². The van der Waals surface area contributed by atoms with Crippen molar-refractivity contribution >= 4 is 17.5 Å². The van der Waals surface area contributed by atoms with Crippen molar-refractivity contribution in [2.45, 2.75) is 44.7 Å². The van der Waals surface area contributed by atoms with E-state index >= 15 is 0 Å². The van der Waals surface area contributed by atoms with Crippen LogP contribution in [0.2, 0.25) is 0 Å². The summed E-state index contributed by atoms with van der Waals surface area (Å²) < 4.78 is 5.42. The Hall–Kier alpha value is -2.04. The van der Waals surface area contributed by atoms with E-state index in [9.17, 15) is 9.59 Å². The fraction of sp³-hybridized carbons (Fsp3) is 0.529. The van der Waals surface area contributed by atoms with Crippen LogP contribution in [0.25, 0.3) is 0 Å². The number of rotatable bonds is 4. The van der Waals surface area contributed by atoms with Crippen molar-refractivity contribution in [3.05, 3.63) is 23.8 Å². The average molecular weight is 300 g/mol. The van der Waals surface area contributed by atoms with Crippen LogP contribution in [0.15, 0.2) is 18.2 Å². The number of nitrogens with zero attached hydrogens (tertiary/aromatic N) is 1. The van der Waals surface area contributed by atoms with Gasteiger partial charge >= 0.3 is 0 Å². The molecule has 1 atom stereocenters. The molecule has 4 rings (SSSR count). The Labute approximate surface area is 129 Å². The molecule has 116 valence electrons. The van der Waals surface area contributed by atoms with Gasteiger partial charge in [-0.25, -0.2) is 0 Å². The van der Waals surface area contributed by atoms with Gasteiger partial charge < -0.3 is 15.0 Å². The van der Waals surface area contributed by atoms with Crippen molar-refractivity contribution in [1.29, 1.82) is 0 Å². The summed E-state index contributed by atoms with van der Waals surface area (Å²) in [4.78, 5) is 26.7. The third kappa shape index (κ3) is 2.34. The van der Waals surface area contributed by atoms with Crippen LogP contribution in [0.3, 0.4) is 0 Å². The molecule has 2 amide bonds. The van der Waals surface area contributed by atoms with Crippen LogP contribution in [-0.2, 0) is 4.79 Å². The topological polar surface area (TPSA) is 58.6 Å². The molecule has 1 aliphatic heterocycles. The predicted octanol–water partition coefficient (Wildman–Crippen LogP) is 2.42. The predicted molar refractivity (Wildman–Crippen MR) is 81.9 cm³/mol. The third-order valence-electron chi connectivity index (χ3n) is 4.80. The Balaban J connectivity index is 1.68. The highest BCUT2D eigenvalue weighted by Crippen LogP contribution is 2.41. The molecule has 2 fully saturated rings. The fourth-order valence-corrected chi connectivity index (χ4v) is 3.26. The van der Waals surface area contributed by atoms with Gasteiger partial charge in [-0.15, -0.1) is 0 Å². The Morgan fingerprint density at radius 3 is 2.77 bits per heavy atom. The maximum Gasteiger partial charge on any atom is 0.262 e. The smallest absolute Gasteiger partial charge is 0.262 e. The molecule has 0 saturated heterocycles. The molecule has 3 aliphatic rings. The molecule has 0 spiro atoms. The molecular weight excluding hydrogens is 280 g/mol. The SMILES string of the molecule is CC(C1CC1)N(C(=O)c1cccc2c1NC(=O)CO2)C1CC1. The van der Waals surface area contributed by atoms with Gasteiger partial charge in [-0.1, -0.05) is 6.07 Å². The summed E-state index contributed by atoms with van der Waals surface area (Å²) in [5, 5.41) is 2.80. The highest BCUT2D eigenvalue weighted by molar-refractivity contribution is 6.07. The monoisotopic (exact) mass is 300 g/mol. The van der Waals surface area contributed by atoms with E-state index in [0.717, 1.165) is 12.8 Å². The van der Waals surface area contributed by atoms with Gasteiger partial charge in [0.25, 0.3) is 11.8 Å². The number of carbonyl (C=O) groups excluding carboxylic acids is 2. The van der Waals surface area contributed by atoms with E-state index in [-0.39, 0.29) is 24.5 Å². The summed E-state index contributed by atoms with van der Waals surface area (Å²) in [6, 6.07) is 6.02. The number of anilines is 1. The van der Waals surface area contributed by atoms with E-state index in [2.05, 4.69) is 12.2 Å². The van der Waals surface area contributed by atoms with Crippen molar-refractivity contribution < 1.29 is 14.3 Å². The van der Waals surface area contributed by atoms with Gasteiger partial charge in [0.05, 0.1) is 11.3 Å². The molecule has 0 aromatic heterocycles. The molecule has 5 nitrogen and oxygen atoms in total. The molecule has 0 radical (unpaired) electrons. The molecule has 0 bridgehead atoms. The number of benzene rings is 1. The number of hydrogen-bond donors (Lipinski definition) is 1. The highest BCUT2D eigenvalue weighted by atomic mass is 16.5. The van der Waals surface area contributed by atoms with Crippen molar-refractivity contribution in [3.63, 3.8) is 0 Å². The molecule has 22 heavy (non-hydrogen) atoms. The van der Waals surface area contributed by atoms with Crippen molar-refractivity contribution in [1.82, 2.24) is 4.90 Å². The Bertz CT molecular complexity index is 635. The Morgan fingerprint density at radius 2 is 2.09 bits per heavy atom. The minimum absolute atomic E-state index is 0.00938. The standard InChI is InChI=1S/C17H20N2O3/c1-10(11-5-6-11)19(12-7-8-12)17(21)13-3-2-4-14-16(13)18-15(20)9-22-14/h2-4,10-12H,5-9H2,1H3,(H,18,20). The number of ether oxygens (including phenoxy) is 1. The van der Waals surface area contributed by atoms with Crippen LogP contribution >= 0.6 is 0 Å². The van der Waals surface area contributed by atoms with Gasteiger partial charge in [-0.05, 0) is 50.7 Å². The molecule has 1 unspecified atom stereocenters. The second-order valence-corrected chi connectivity index (χ2v) is 6.54. The quantitative estimate of drug-likeness (QED) is 0.929. The summed E-state index contributed by atoms with van der Waals surface area (Å²) in [5.74, 6) is 1.03. The number of carbonyl (C=O) groups is 2. The van der Waals surface area contributed by atoms with Gasteiger partial charge in [0, 0.05) is 12.1 Å². The first-order valence-corrected chi connectivity index (χ1v) is 8.03. The summed E-state index contributed by atoms with van der Waals surface area (Å²) in [7, 11) is 0. The lowest BCUT2D eigenvalue weighted by Crippen LogP contribution is -2.42. The van der Waals surface area contributed by atoms with E-state index < -0.39 is 0 Å². The minimum atomic E-state index is -0.207. The van der Waals surface area contributed by atoms with Gasteiger partial charge in [-0.2, -0.15) is 0 Å². The Morgan fingerprint density at radius 1 is 1.32 bits per heavy atom. The minimum Gasteiger partial charge on any atom is -0.482 e. The maximum absolute atomic E-state index is 13.1. The van der Waals surface area contributed by atoms with Crippen molar-refractivity contribution in [2.24, 2.45) is 5.92 Å². The van der Waals surface area contributed by atoms with Crippen LogP contribution in [0.4, 0.5) is 5.69 Å². The highest BCUT2D eigenvalue weighted by Gasteiger charge is 2.42. The largest absolute Gasteiger partial charge is 0.482 e. The van der Waals surface area contributed by atoms with Crippen LogP contribution in [0, 0.1) is 5.92 Å². The van der Waals surface area contributed by atoms with Crippen LogP contribution < -0.4 is 10.1 Å². The van der Waals surface area contributed by atoms with Gasteiger partial charge in [-0.3, -0.25) is 9.59 Å². The summed E-state index contributed by atoms with van der Waals surface area (Å²) >= 11 is 0. The lowest BCUT2D eigenvalue weighted by molar-refractivity contribution is -0.118. The lowest BCUT2D eigenvalue weighted by atomic mass is 10.1. The molecule has 1 heterocycles. The molecule has 1 N–H and O–H groups in total. The first-order chi connectivity index (χ1) is 10.6. The van der Waals surface area contributed by atoms with Crippen LogP contribution in [0.1, 0.15) is 43.0 Å². The average Bonchev–Trinajstić information content (AvgIpc) is 3.38. The van der Waals surface area contributed by atoms with Crippen LogP contribution in [0.5, 0.6) is 5.75 Å². The second kappa shape index (κ2) is 5.00.